The molecule has 1 saturated heterocycles. The second-order valence-corrected chi connectivity index (χ2v) is 4.36. The quantitative estimate of drug-likeness (QED) is 0.811. The third-order valence-corrected chi connectivity index (χ3v) is 3.11. The van der Waals surface area contributed by atoms with Gasteiger partial charge < -0.3 is 9.47 Å². The Balaban J connectivity index is 2.16. The number of rotatable bonds is 4. The normalized spacial score (nSPS) is 18.2. The van der Waals surface area contributed by atoms with Crippen LogP contribution < -0.4 is 0 Å². The minimum atomic E-state index is -0.189. The maximum atomic E-state index is 9.39. The van der Waals surface area contributed by atoms with E-state index in [1.54, 1.807) is 7.11 Å². The lowest BCUT2D eigenvalue weighted by Gasteiger charge is -2.30. The zero-order valence-corrected chi connectivity index (χ0v) is 10.6. The van der Waals surface area contributed by atoms with Gasteiger partial charge in [-0.25, -0.2) is 0 Å². The fourth-order valence-corrected chi connectivity index (χ4v) is 2.22. The first kappa shape index (κ1) is 13.0. The summed E-state index contributed by atoms with van der Waals surface area (Å²) >= 11 is 0. The minimum Gasteiger partial charge on any atom is -0.380 e. The van der Waals surface area contributed by atoms with E-state index in [1.165, 1.54) is 0 Å². The highest BCUT2D eigenvalue weighted by atomic mass is 16.5. The van der Waals surface area contributed by atoms with Gasteiger partial charge in [0.2, 0.25) is 0 Å². The molecule has 18 heavy (non-hydrogen) atoms. The Morgan fingerprint density at radius 2 is 2.22 bits per heavy atom. The summed E-state index contributed by atoms with van der Waals surface area (Å²) < 4.78 is 10.4. The third-order valence-electron chi connectivity index (χ3n) is 3.11. The van der Waals surface area contributed by atoms with E-state index < -0.39 is 0 Å². The van der Waals surface area contributed by atoms with Crippen LogP contribution in [0.1, 0.15) is 17.2 Å². The number of hydrogen-bond acceptors (Lipinski definition) is 4. The van der Waals surface area contributed by atoms with Crippen molar-refractivity contribution in [3.8, 4) is 6.07 Å². The summed E-state index contributed by atoms with van der Waals surface area (Å²) in [7, 11) is 1.68. The van der Waals surface area contributed by atoms with Gasteiger partial charge in [-0.05, 0) is 11.1 Å². The Labute approximate surface area is 108 Å². The molecule has 1 aromatic carbocycles. The first-order valence-electron chi connectivity index (χ1n) is 6.14. The van der Waals surface area contributed by atoms with Crippen molar-refractivity contribution in [2.75, 3.05) is 33.4 Å². The van der Waals surface area contributed by atoms with E-state index in [2.05, 4.69) is 11.0 Å². The van der Waals surface area contributed by atoms with Crippen LogP contribution in [-0.2, 0) is 16.1 Å². The van der Waals surface area contributed by atoms with Gasteiger partial charge in [0.25, 0.3) is 0 Å². The van der Waals surface area contributed by atoms with Crippen LogP contribution >= 0.6 is 0 Å². The van der Waals surface area contributed by atoms with E-state index in [4.69, 9.17) is 9.47 Å². The zero-order chi connectivity index (χ0) is 12.8. The molecule has 0 bridgehead atoms. The molecular formula is C14H18N2O2. The van der Waals surface area contributed by atoms with E-state index in [1.807, 2.05) is 24.3 Å². The second-order valence-electron chi connectivity index (χ2n) is 4.36. The molecular weight excluding hydrogens is 228 g/mol. The highest BCUT2D eigenvalue weighted by molar-refractivity contribution is 5.29. The number of benzene rings is 1. The molecule has 0 spiro atoms. The van der Waals surface area contributed by atoms with Gasteiger partial charge in [-0.1, -0.05) is 24.3 Å². The van der Waals surface area contributed by atoms with Crippen molar-refractivity contribution >= 4 is 0 Å². The Morgan fingerprint density at radius 1 is 1.44 bits per heavy atom. The Kier molecular flexibility index (Phi) is 4.71. The number of nitriles is 1. The maximum absolute atomic E-state index is 9.39. The lowest BCUT2D eigenvalue weighted by molar-refractivity contribution is 0.0266. The summed E-state index contributed by atoms with van der Waals surface area (Å²) in [6.07, 6.45) is 0. The van der Waals surface area contributed by atoms with Crippen molar-refractivity contribution in [1.29, 1.82) is 5.26 Å². The summed E-state index contributed by atoms with van der Waals surface area (Å²) in [5.41, 5.74) is 2.14. The molecule has 96 valence electrons. The molecule has 0 N–H and O–H groups in total. The third kappa shape index (κ3) is 3.08. The molecule has 0 radical (unpaired) electrons. The largest absolute Gasteiger partial charge is 0.380 e. The van der Waals surface area contributed by atoms with Crippen molar-refractivity contribution in [3.05, 3.63) is 35.4 Å². The van der Waals surface area contributed by atoms with E-state index in [0.717, 1.165) is 24.2 Å². The SMILES string of the molecule is COCc1cccc(C(C#N)N2CCOCC2)c1. The summed E-state index contributed by atoms with van der Waals surface area (Å²) in [6, 6.07) is 10.2. The Bertz CT molecular complexity index is 422. The smallest absolute Gasteiger partial charge is 0.124 e. The molecule has 2 rings (SSSR count). The summed E-state index contributed by atoms with van der Waals surface area (Å²) in [4.78, 5) is 2.16. The van der Waals surface area contributed by atoms with Gasteiger partial charge in [0, 0.05) is 20.2 Å². The summed E-state index contributed by atoms with van der Waals surface area (Å²) in [5, 5.41) is 9.39. The van der Waals surface area contributed by atoms with Crippen LogP contribution in [0.5, 0.6) is 0 Å². The Morgan fingerprint density at radius 3 is 2.89 bits per heavy atom. The van der Waals surface area contributed by atoms with Crippen molar-refractivity contribution in [2.24, 2.45) is 0 Å². The molecule has 1 fully saturated rings. The molecule has 1 atom stereocenters. The average molecular weight is 246 g/mol. The predicted octanol–water partition coefficient (Wildman–Crippen LogP) is 1.73. The van der Waals surface area contributed by atoms with Gasteiger partial charge >= 0.3 is 0 Å². The molecule has 4 heteroatoms. The van der Waals surface area contributed by atoms with Crippen molar-refractivity contribution in [1.82, 2.24) is 4.90 Å². The van der Waals surface area contributed by atoms with Crippen molar-refractivity contribution < 1.29 is 9.47 Å². The van der Waals surface area contributed by atoms with Crippen LogP contribution in [0.4, 0.5) is 0 Å². The number of morpholine rings is 1. The van der Waals surface area contributed by atoms with Gasteiger partial charge in [-0.2, -0.15) is 5.26 Å². The minimum absolute atomic E-state index is 0.189. The van der Waals surface area contributed by atoms with Gasteiger partial charge in [-0.15, -0.1) is 0 Å². The number of hydrogen-bond donors (Lipinski definition) is 0. The first-order valence-corrected chi connectivity index (χ1v) is 6.14. The van der Waals surface area contributed by atoms with Gasteiger partial charge in [0.15, 0.2) is 0 Å². The fourth-order valence-electron chi connectivity index (χ4n) is 2.22. The van der Waals surface area contributed by atoms with Crippen LogP contribution in [-0.4, -0.2) is 38.3 Å². The molecule has 1 aliphatic heterocycles. The molecule has 1 unspecified atom stereocenters. The zero-order valence-electron chi connectivity index (χ0n) is 10.6. The van der Waals surface area contributed by atoms with Crippen LogP contribution in [0.15, 0.2) is 24.3 Å². The first-order chi connectivity index (χ1) is 8.85. The van der Waals surface area contributed by atoms with E-state index in [0.29, 0.717) is 19.8 Å². The maximum Gasteiger partial charge on any atom is 0.124 e. The number of ether oxygens (including phenoxy) is 2. The molecule has 0 aromatic heterocycles. The topological polar surface area (TPSA) is 45.5 Å². The standard InChI is InChI=1S/C14H18N2O2/c1-17-11-12-3-2-4-13(9-12)14(10-15)16-5-7-18-8-6-16/h2-4,9,14H,5-8,11H2,1H3. The fraction of sp³-hybridized carbons (Fsp3) is 0.500. The molecule has 0 saturated carbocycles. The highest BCUT2D eigenvalue weighted by Crippen LogP contribution is 2.22. The van der Waals surface area contributed by atoms with Crippen LogP contribution in [0, 0.1) is 11.3 Å². The van der Waals surface area contributed by atoms with Gasteiger partial charge in [0.05, 0.1) is 25.9 Å². The lowest BCUT2D eigenvalue weighted by atomic mass is 10.0. The average Bonchev–Trinajstić information content (AvgIpc) is 2.42. The number of methoxy groups -OCH3 is 1. The highest BCUT2D eigenvalue weighted by Gasteiger charge is 2.22. The van der Waals surface area contributed by atoms with E-state index in [9.17, 15) is 5.26 Å². The van der Waals surface area contributed by atoms with E-state index in [-0.39, 0.29) is 6.04 Å². The van der Waals surface area contributed by atoms with E-state index >= 15 is 0 Å². The predicted molar refractivity (Wildman–Crippen MR) is 67.9 cm³/mol. The molecule has 1 heterocycles. The summed E-state index contributed by atoms with van der Waals surface area (Å²) in [5.74, 6) is 0. The molecule has 1 aliphatic rings. The van der Waals surface area contributed by atoms with Crippen LogP contribution in [0.3, 0.4) is 0 Å². The van der Waals surface area contributed by atoms with Crippen LogP contribution in [0.25, 0.3) is 0 Å². The second kappa shape index (κ2) is 6.50. The van der Waals surface area contributed by atoms with Crippen LogP contribution in [0.2, 0.25) is 0 Å². The summed E-state index contributed by atoms with van der Waals surface area (Å²) in [6.45, 7) is 3.61. The van der Waals surface area contributed by atoms with Gasteiger partial charge in [0.1, 0.15) is 6.04 Å². The Hall–Kier alpha value is -1.41. The van der Waals surface area contributed by atoms with Crippen molar-refractivity contribution in [2.45, 2.75) is 12.6 Å². The van der Waals surface area contributed by atoms with Crippen molar-refractivity contribution in [3.63, 3.8) is 0 Å². The molecule has 0 amide bonds. The number of nitrogens with zero attached hydrogens (tertiary/aromatic N) is 2. The molecule has 4 nitrogen and oxygen atoms in total. The monoisotopic (exact) mass is 246 g/mol. The lowest BCUT2D eigenvalue weighted by Crippen LogP contribution is -2.38. The molecule has 0 aliphatic carbocycles. The van der Waals surface area contributed by atoms with Gasteiger partial charge in [-0.3, -0.25) is 4.90 Å². The molecule has 1 aromatic rings.